The van der Waals surface area contributed by atoms with Crippen molar-refractivity contribution < 1.29 is 9.53 Å². The van der Waals surface area contributed by atoms with Crippen LogP contribution in [0.2, 0.25) is 5.02 Å². The van der Waals surface area contributed by atoms with Crippen molar-refractivity contribution >= 4 is 17.5 Å². The highest BCUT2D eigenvalue weighted by Crippen LogP contribution is 2.21. The molecule has 1 fully saturated rings. The molecule has 2 atom stereocenters. The highest BCUT2D eigenvalue weighted by atomic mass is 35.5. The summed E-state index contributed by atoms with van der Waals surface area (Å²) in [6.45, 7) is 4.07. The monoisotopic (exact) mass is 296 g/mol. The second kappa shape index (κ2) is 7.62. The molecule has 1 aromatic carbocycles. The van der Waals surface area contributed by atoms with Gasteiger partial charge < -0.3 is 15.4 Å². The third kappa shape index (κ3) is 4.20. The number of hydrogen-bond acceptors (Lipinski definition) is 3. The predicted octanol–water partition coefficient (Wildman–Crippen LogP) is 2.29. The number of nitrogens with one attached hydrogen (secondary N) is 2. The van der Waals surface area contributed by atoms with Crippen LogP contribution in [0.15, 0.2) is 24.3 Å². The summed E-state index contributed by atoms with van der Waals surface area (Å²) in [5.41, 5.74) is 1.08. The minimum atomic E-state index is -0.393. The summed E-state index contributed by atoms with van der Waals surface area (Å²) in [4.78, 5) is 12.2. The molecular weight excluding hydrogens is 276 g/mol. The van der Waals surface area contributed by atoms with Gasteiger partial charge in [-0.2, -0.15) is 0 Å². The van der Waals surface area contributed by atoms with Crippen molar-refractivity contribution in [2.45, 2.75) is 31.9 Å². The second-order valence-corrected chi connectivity index (χ2v) is 5.40. The smallest absolute Gasteiger partial charge is 0.250 e. The molecule has 20 heavy (non-hydrogen) atoms. The molecule has 2 rings (SSSR count). The number of carbonyl (C=O) groups excluding carboxylic acids is 1. The molecule has 0 aliphatic carbocycles. The fraction of sp³-hybridized carbons (Fsp3) is 0.533. The quantitative estimate of drug-likeness (QED) is 0.876. The van der Waals surface area contributed by atoms with Crippen molar-refractivity contribution in [1.29, 1.82) is 0 Å². The molecule has 1 saturated heterocycles. The molecule has 110 valence electrons. The molecule has 2 N–H and O–H groups in total. The van der Waals surface area contributed by atoms with Crippen LogP contribution in [0.3, 0.4) is 0 Å². The van der Waals surface area contributed by atoms with Gasteiger partial charge in [0.15, 0.2) is 0 Å². The lowest BCUT2D eigenvalue weighted by Crippen LogP contribution is -2.48. The standard InChI is InChI=1S/C15H21ClN2O2/c1-2-3-13(11-4-6-12(16)7-5-11)18-15(19)14-10-17-8-9-20-14/h4-7,13-14,17H,2-3,8-10H2,1H3,(H,18,19)/t13-,14-/m1/s1. The Balaban J connectivity index is 2.01. The van der Waals surface area contributed by atoms with Crippen LogP contribution in [0, 0.1) is 0 Å². The summed E-state index contributed by atoms with van der Waals surface area (Å²) in [5.74, 6) is -0.0504. The van der Waals surface area contributed by atoms with Gasteiger partial charge in [-0.3, -0.25) is 4.79 Å². The van der Waals surface area contributed by atoms with E-state index in [1.807, 2.05) is 24.3 Å². The third-order valence-electron chi connectivity index (χ3n) is 3.39. The van der Waals surface area contributed by atoms with Crippen LogP contribution in [-0.4, -0.2) is 31.7 Å². The molecule has 0 unspecified atom stereocenters. The molecule has 1 aliphatic heterocycles. The van der Waals surface area contributed by atoms with E-state index in [0.717, 1.165) is 24.9 Å². The zero-order chi connectivity index (χ0) is 14.4. The van der Waals surface area contributed by atoms with E-state index < -0.39 is 6.10 Å². The molecule has 1 aliphatic rings. The van der Waals surface area contributed by atoms with Crippen molar-refractivity contribution in [2.75, 3.05) is 19.7 Å². The maximum atomic E-state index is 12.2. The SMILES string of the molecule is CCC[C@@H](NC(=O)[C@H]1CNCCO1)c1ccc(Cl)cc1. The lowest BCUT2D eigenvalue weighted by Gasteiger charge is -2.26. The predicted molar refractivity (Wildman–Crippen MR) is 79.9 cm³/mol. The average Bonchev–Trinajstić information content (AvgIpc) is 2.48. The van der Waals surface area contributed by atoms with Crippen molar-refractivity contribution in [2.24, 2.45) is 0 Å². The number of rotatable bonds is 5. The summed E-state index contributed by atoms with van der Waals surface area (Å²) in [5, 5.41) is 6.95. The van der Waals surface area contributed by atoms with Gasteiger partial charge in [-0.25, -0.2) is 0 Å². The summed E-state index contributed by atoms with van der Waals surface area (Å²) < 4.78 is 5.48. The maximum Gasteiger partial charge on any atom is 0.250 e. The molecule has 5 heteroatoms. The molecule has 0 bridgehead atoms. The summed E-state index contributed by atoms with van der Waals surface area (Å²) in [7, 11) is 0. The summed E-state index contributed by atoms with van der Waals surface area (Å²) in [6, 6.07) is 7.64. The second-order valence-electron chi connectivity index (χ2n) is 4.96. The first-order chi connectivity index (χ1) is 9.70. The molecule has 1 amide bonds. The fourth-order valence-corrected chi connectivity index (χ4v) is 2.43. The topological polar surface area (TPSA) is 50.4 Å². The van der Waals surface area contributed by atoms with Crippen LogP contribution in [0.25, 0.3) is 0 Å². The van der Waals surface area contributed by atoms with Crippen molar-refractivity contribution in [3.8, 4) is 0 Å². The average molecular weight is 297 g/mol. The van der Waals surface area contributed by atoms with Gasteiger partial charge in [0, 0.05) is 18.1 Å². The molecular formula is C15H21ClN2O2. The maximum absolute atomic E-state index is 12.2. The number of morpholine rings is 1. The zero-order valence-electron chi connectivity index (χ0n) is 11.7. The number of carbonyl (C=O) groups is 1. The first-order valence-corrected chi connectivity index (χ1v) is 7.46. The van der Waals surface area contributed by atoms with Gasteiger partial charge in [0.2, 0.25) is 0 Å². The van der Waals surface area contributed by atoms with Gasteiger partial charge >= 0.3 is 0 Å². The van der Waals surface area contributed by atoms with E-state index >= 15 is 0 Å². The zero-order valence-corrected chi connectivity index (χ0v) is 12.5. The largest absolute Gasteiger partial charge is 0.366 e. The number of benzene rings is 1. The van der Waals surface area contributed by atoms with Gasteiger partial charge in [0.1, 0.15) is 6.10 Å². The third-order valence-corrected chi connectivity index (χ3v) is 3.64. The van der Waals surface area contributed by atoms with E-state index in [1.165, 1.54) is 0 Å². The van der Waals surface area contributed by atoms with Gasteiger partial charge in [0.05, 0.1) is 12.6 Å². The van der Waals surface area contributed by atoms with Crippen LogP contribution >= 0.6 is 11.6 Å². The molecule has 4 nitrogen and oxygen atoms in total. The molecule has 1 heterocycles. The normalized spacial score (nSPS) is 20.4. The molecule has 0 radical (unpaired) electrons. The Morgan fingerprint density at radius 3 is 2.85 bits per heavy atom. The van der Waals surface area contributed by atoms with E-state index in [0.29, 0.717) is 18.2 Å². The van der Waals surface area contributed by atoms with Gasteiger partial charge in [-0.15, -0.1) is 0 Å². The number of ether oxygens (including phenoxy) is 1. The molecule has 1 aromatic rings. The van der Waals surface area contributed by atoms with E-state index in [2.05, 4.69) is 17.6 Å². The highest BCUT2D eigenvalue weighted by Gasteiger charge is 2.24. The van der Waals surface area contributed by atoms with Crippen LogP contribution < -0.4 is 10.6 Å². The molecule has 0 aromatic heterocycles. The Morgan fingerprint density at radius 1 is 1.50 bits per heavy atom. The first-order valence-electron chi connectivity index (χ1n) is 7.09. The van der Waals surface area contributed by atoms with Crippen molar-refractivity contribution in [3.63, 3.8) is 0 Å². The Hall–Kier alpha value is -1.10. The Bertz CT molecular complexity index is 430. The number of hydrogen-bond donors (Lipinski definition) is 2. The van der Waals surface area contributed by atoms with Gasteiger partial charge in [0.25, 0.3) is 5.91 Å². The number of amides is 1. The van der Waals surface area contributed by atoms with Crippen LogP contribution in [0.4, 0.5) is 0 Å². The van der Waals surface area contributed by atoms with Crippen LogP contribution in [-0.2, 0) is 9.53 Å². The van der Waals surface area contributed by atoms with E-state index in [1.54, 1.807) is 0 Å². The van der Waals surface area contributed by atoms with E-state index in [-0.39, 0.29) is 11.9 Å². The lowest BCUT2D eigenvalue weighted by molar-refractivity contribution is -0.135. The number of halogens is 1. The summed E-state index contributed by atoms with van der Waals surface area (Å²) in [6.07, 6.45) is 1.50. The Morgan fingerprint density at radius 2 is 2.25 bits per heavy atom. The Kier molecular flexibility index (Phi) is 5.83. The minimum absolute atomic E-state index is 0.00953. The van der Waals surface area contributed by atoms with Crippen molar-refractivity contribution in [3.05, 3.63) is 34.9 Å². The van der Waals surface area contributed by atoms with E-state index in [4.69, 9.17) is 16.3 Å². The van der Waals surface area contributed by atoms with Gasteiger partial charge in [-0.1, -0.05) is 37.1 Å². The summed E-state index contributed by atoms with van der Waals surface area (Å²) >= 11 is 5.91. The Labute approximate surface area is 124 Å². The lowest BCUT2D eigenvalue weighted by atomic mass is 10.0. The van der Waals surface area contributed by atoms with Crippen LogP contribution in [0.1, 0.15) is 31.4 Å². The van der Waals surface area contributed by atoms with Gasteiger partial charge in [-0.05, 0) is 24.1 Å². The van der Waals surface area contributed by atoms with Crippen molar-refractivity contribution in [1.82, 2.24) is 10.6 Å². The van der Waals surface area contributed by atoms with E-state index in [9.17, 15) is 4.79 Å². The molecule has 0 spiro atoms. The van der Waals surface area contributed by atoms with Crippen LogP contribution in [0.5, 0.6) is 0 Å². The molecule has 0 saturated carbocycles. The first kappa shape index (κ1) is 15.3. The fourth-order valence-electron chi connectivity index (χ4n) is 2.30. The highest BCUT2D eigenvalue weighted by molar-refractivity contribution is 6.30. The minimum Gasteiger partial charge on any atom is -0.366 e.